The number of hydrogen-bond donors (Lipinski definition) is 2. The Hall–Kier alpha value is -2.31. The molecule has 1 aromatic rings. The van der Waals surface area contributed by atoms with Crippen molar-refractivity contribution < 1.29 is 9.18 Å². The summed E-state index contributed by atoms with van der Waals surface area (Å²) in [6.07, 6.45) is 5.36. The molecule has 6 nitrogen and oxygen atoms in total. The van der Waals surface area contributed by atoms with Crippen LogP contribution < -0.4 is 15.5 Å². The van der Waals surface area contributed by atoms with Crippen LogP contribution in [0.3, 0.4) is 0 Å². The number of hydrogen-bond acceptors (Lipinski definition) is 3. The molecule has 1 saturated heterocycles. The molecule has 0 aromatic heterocycles. The third-order valence-corrected chi connectivity index (χ3v) is 5.72. The lowest BCUT2D eigenvalue weighted by Crippen LogP contribution is -2.45. The van der Waals surface area contributed by atoms with E-state index in [-0.39, 0.29) is 17.8 Å². The van der Waals surface area contributed by atoms with E-state index in [0.717, 1.165) is 37.9 Å². The maximum absolute atomic E-state index is 14.1. The van der Waals surface area contributed by atoms with Crippen LogP contribution in [0.1, 0.15) is 37.7 Å². The van der Waals surface area contributed by atoms with E-state index < -0.39 is 0 Å². The lowest BCUT2D eigenvalue weighted by Gasteiger charge is -2.21. The number of halogens is 1. The van der Waals surface area contributed by atoms with Crippen molar-refractivity contribution in [2.24, 2.45) is 10.9 Å². The van der Waals surface area contributed by atoms with Crippen molar-refractivity contribution in [2.45, 2.75) is 44.7 Å². The van der Waals surface area contributed by atoms with Gasteiger partial charge in [-0.25, -0.2) is 4.39 Å². The molecule has 2 N–H and O–H groups in total. The quantitative estimate of drug-likeness (QED) is 0.600. The fourth-order valence-electron chi connectivity index (χ4n) is 4.11. The van der Waals surface area contributed by atoms with Crippen LogP contribution in [0.25, 0.3) is 0 Å². The summed E-state index contributed by atoms with van der Waals surface area (Å²) < 4.78 is 14.1. The third kappa shape index (κ3) is 4.94. The highest BCUT2D eigenvalue weighted by atomic mass is 19.1. The van der Waals surface area contributed by atoms with Crippen LogP contribution in [-0.4, -0.2) is 57.0 Å². The number of carbonyl (C=O) groups excluding carboxylic acids is 1. The van der Waals surface area contributed by atoms with Crippen LogP contribution in [-0.2, 0) is 11.3 Å². The van der Waals surface area contributed by atoms with E-state index in [0.29, 0.717) is 24.1 Å². The van der Waals surface area contributed by atoms with E-state index in [2.05, 4.69) is 15.6 Å². The van der Waals surface area contributed by atoms with Gasteiger partial charge in [0.25, 0.3) is 0 Å². The maximum atomic E-state index is 14.1. The largest absolute Gasteiger partial charge is 0.375 e. The van der Waals surface area contributed by atoms with E-state index in [4.69, 9.17) is 0 Å². The summed E-state index contributed by atoms with van der Waals surface area (Å²) >= 11 is 0. The van der Waals surface area contributed by atoms with Crippen molar-refractivity contribution in [1.82, 2.24) is 15.5 Å². The summed E-state index contributed by atoms with van der Waals surface area (Å²) in [7, 11) is 5.37. The number of benzene rings is 1. The van der Waals surface area contributed by atoms with E-state index in [1.807, 2.05) is 25.1 Å². The van der Waals surface area contributed by atoms with Gasteiger partial charge in [0, 0.05) is 52.7 Å². The monoisotopic (exact) mass is 389 g/mol. The molecule has 1 heterocycles. The molecule has 3 rings (SSSR count). The van der Waals surface area contributed by atoms with Crippen molar-refractivity contribution in [3.8, 4) is 0 Å². The predicted octanol–water partition coefficient (Wildman–Crippen LogP) is 2.35. The lowest BCUT2D eigenvalue weighted by molar-refractivity contribution is -0.134. The summed E-state index contributed by atoms with van der Waals surface area (Å²) in [5.74, 6) is 0.999. The topological polar surface area (TPSA) is 60.0 Å². The lowest BCUT2D eigenvalue weighted by atomic mass is 10.1. The second-order valence-electron chi connectivity index (χ2n) is 8.00. The normalized spacial score (nSPS) is 20.5. The van der Waals surface area contributed by atoms with Gasteiger partial charge in [0.15, 0.2) is 5.96 Å². The molecule has 154 valence electrons. The molecule has 1 atom stereocenters. The van der Waals surface area contributed by atoms with Gasteiger partial charge in [-0.3, -0.25) is 9.79 Å². The third-order valence-electron chi connectivity index (χ3n) is 5.72. The second-order valence-corrected chi connectivity index (χ2v) is 8.00. The van der Waals surface area contributed by atoms with E-state index >= 15 is 0 Å². The van der Waals surface area contributed by atoms with E-state index in [9.17, 15) is 9.18 Å². The molecule has 1 aliphatic heterocycles. The number of likely N-dealkylation sites (tertiary alicyclic amines) is 1. The molecule has 28 heavy (non-hydrogen) atoms. The Balaban J connectivity index is 1.48. The first kappa shape index (κ1) is 20.4. The maximum Gasteiger partial charge on any atom is 0.225 e. The zero-order chi connectivity index (χ0) is 20.1. The molecule has 0 spiro atoms. The molecule has 2 aliphatic rings. The predicted molar refractivity (Wildman–Crippen MR) is 111 cm³/mol. The van der Waals surface area contributed by atoms with Crippen LogP contribution in [0.15, 0.2) is 23.2 Å². The highest BCUT2D eigenvalue weighted by Crippen LogP contribution is 2.27. The van der Waals surface area contributed by atoms with Crippen LogP contribution in [0, 0.1) is 11.7 Å². The molecule has 1 amide bonds. The van der Waals surface area contributed by atoms with Gasteiger partial charge in [0.1, 0.15) is 5.82 Å². The zero-order valence-electron chi connectivity index (χ0n) is 17.2. The fourth-order valence-corrected chi connectivity index (χ4v) is 4.11. The van der Waals surface area contributed by atoms with E-state index in [1.165, 1.54) is 12.8 Å². The summed E-state index contributed by atoms with van der Waals surface area (Å²) in [6.45, 7) is 2.02. The first-order chi connectivity index (χ1) is 13.5. The standard InChI is InChI=1S/C21H32FN5O/c1-23-21(24-13-15-8-9-19(26(2)3)18(22)12-15)25-17-10-11-27(14-17)20(28)16-6-4-5-7-16/h8-9,12,16-17H,4-7,10-11,13-14H2,1-3H3,(H2,23,24,25). The number of nitrogens with zero attached hydrogens (tertiary/aromatic N) is 3. The van der Waals surface area contributed by atoms with Gasteiger partial charge in [-0.15, -0.1) is 0 Å². The smallest absolute Gasteiger partial charge is 0.225 e. The molecule has 1 unspecified atom stereocenters. The molecule has 2 fully saturated rings. The van der Waals surface area contributed by atoms with Crippen LogP contribution in [0.4, 0.5) is 10.1 Å². The highest BCUT2D eigenvalue weighted by Gasteiger charge is 2.32. The number of rotatable bonds is 5. The first-order valence-corrected chi connectivity index (χ1v) is 10.2. The Kier molecular flexibility index (Phi) is 6.75. The molecule has 7 heteroatoms. The van der Waals surface area contributed by atoms with Gasteiger partial charge in [-0.2, -0.15) is 0 Å². The van der Waals surface area contributed by atoms with Gasteiger partial charge < -0.3 is 20.4 Å². The van der Waals surface area contributed by atoms with E-state index in [1.54, 1.807) is 24.1 Å². The molecule has 0 radical (unpaired) electrons. The summed E-state index contributed by atoms with van der Waals surface area (Å²) in [5, 5.41) is 6.64. The average Bonchev–Trinajstić information content (AvgIpc) is 3.36. The summed E-state index contributed by atoms with van der Waals surface area (Å²) in [5.41, 5.74) is 1.43. The number of amides is 1. The van der Waals surface area contributed by atoms with Gasteiger partial charge in [-0.05, 0) is 37.0 Å². The Labute approximate surface area is 167 Å². The molecule has 1 saturated carbocycles. The highest BCUT2D eigenvalue weighted by molar-refractivity contribution is 5.81. The summed E-state index contributed by atoms with van der Waals surface area (Å²) in [6, 6.07) is 5.44. The van der Waals surface area contributed by atoms with Gasteiger partial charge in [0.2, 0.25) is 5.91 Å². The van der Waals surface area contributed by atoms with Gasteiger partial charge >= 0.3 is 0 Å². The van der Waals surface area contributed by atoms with Crippen LogP contribution in [0.2, 0.25) is 0 Å². The number of aliphatic imine (C=N–C) groups is 1. The second kappa shape index (κ2) is 9.26. The Morgan fingerprint density at radius 1 is 1.29 bits per heavy atom. The first-order valence-electron chi connectivity index (χ1n) is 10.2. The van der Waals surface area contributed by atoms with Crippen molar-refractivity contribution in [2.75, 3.05) is 39.1 Å². The van der Waals surface area contributed by atoms with Crippen molar-refractivity contribution in [3.05, 3.63) is 29.6 Å². The number of carbonyl (C=O) groups is 1. The summed E-state index contributed by atoms with van der Waals surface area (Å²) in [4.78, 5) is 20.6. The minimum absolute atomic E-state index is 0.199. The number of guanidine groups is 1. The van der Waals surface area contributed by atoms with Gasteiger partial charge in [0.05, 0.1) is 5.69 Å². The van der Waals surface area contributed by atoms with Gasteiger partial charge in [-0.1, -0.05) is 18.9 Å². The molecular formula is C21H32FN5O. The van der Waals surface area contributed by atoms with Crippen LogP contribution in [0.5, 0.6) is 0 Å². The Bertz CT molecular complexity index is 715. The molecule has 0 bridgehead atoms. The Morgan fingerprint density at radius 2 is 2.04 bits per heavy atom. The average molecular weight is 390 g/mol. The fraction of sp³-hybridized carbons (Fsp3) is 0.619. The molecule has 1 aromatic carbocycles. The van der Waals surface area contributed by atoms with Crippen molar-refractivity contribution in [1.29, 1.82) is 0 Å². The molecular weight excluding hydrogens is 357 g/mol. The van der Waals surface area contributed by atoms with Crippen molar-refractivity contribution in [3.63, 3.8) is 0 Å². The minimum Gasteiger partial charge on any atom is -0.375 e. The number of anilines is 1. The van der Waals surface area contributed by atoms with Crippen LogP contribution >= 0.6 is 0 Å². The molecule has 1 aliphatic carbocycles. The zero-order valence-corrected chi connectivity index (χ0v) is 17.2. The Morgan fingerprint density at radius 3 is 2.68 bits per heavy atom. The van der Waals surface area contributed by atoms with Crippen molar-refractivity contribution >= 4 is 17.6 Å². The minimum atomic E-state index is -0.232. The SMILES string of the molecule is CN=C(NCc1ccc(N(C)C)c(F)c1)NC1CCN(C(=O)C2CCCC2)C1. The number of nitrogens with one attached hydrogen (secondary N) is 2.